The first-order valence-electron chi connectivity index (χ1n) is 6.69. The number of hydrazone groups is 1. The lowest BCUT2D eigenvalue weighted by Gasteiger charge is -2.05. The zero-order valence-corrected chi connectivity index (χ0v) is 12.0. The van der Waals surface area contributed by atoms with Crippen LogP contribution >= 0.6 is 0 Å². The predicted octanol–water partition coefficient (Wildman–Crippen LogP) is 2.95. The van der Waals surface area contributed by atoms with Crippen molar-refractivity contribution in [2.45, 2.75) is 20.3 Å². The van der Waals surface area contributed by atoms with Crippen LogP contribution in [0.15, 0.2) is 33.8 Å². The van der Waals surface area contributed by atoms with E-state index in [9.17, 15) is 0 Å². The fourth-order valence-corrected chi connectivity index (χ4v) is 1.70. The van der Waals surface area contributed by atoms with E-state index in [1.807, 2.05) is 44.2 Å². The molecule has 6 heteroatoms. The summed E-state index contributed by atoms with van der Waals surface area (Å²) in [5.74, 6) is 1.50. The Morgan fingerprint density at radius 2 is 2.24 bits per heavy atom. The van der Waals surface area contributed by atoms with Crippen LogP contribution in [0.3, 0.4) is 0 Å². The minimum atomic E-state index is 0.196. The third-order valence-corrected chi connectivity index (χ3v) is 2.67. The number of nitrogens with zero attached hydrogens (tertiary/aromatic N) is 3. The van der Waals surface area contributed by atoms with Crippen LogP contribution in [-0.2, 0) is 6.42 Å². The number of anilines is 1. The number of benzene rings is 1. The second kappa shape index (κ2) is 7.10. The zero-order chi connectivity index (χ0) is 15.1. The molecule has 0 atom stereocenters. The molecule has 108 valence electrons. The van der Waals surface area contributed by atoms with E-state index in [1.54, 1.807) is 6.21 Å². The number of hydrogen-bond donors (Lipinski definition) is 1. The van der Waals surface area contributed by atoms with Crippen molar-refractivity contribution < 1.29 is 9.15 Å². The van der Waals surface area contributed by atoms with Gasteiger partial charge in [0.25, 0.3) is 5.88 Å². The number of aryl methyl sites for hydroxylation is 1. The van der Waals surface area contributed by atoms with Gasteiger partial charge in [0.1, 0.15) is 11.8 Å². The minimum Gasteiger partial charge on any atom is -0.493 e. The molecule has 1 aromatic heterocycles. The first kappa shape index (κ1) is 14.6. The number of nitrogens with one attached hydrogen (secondary N) is 1. The van der Waals surface area contributed by atoms with Gasteiger partial charge in [0.05, 0.1) is 12.8 Å². The molecular weight excluding hydrogens is 268 g/mol. The number of ether oxygens (including phenoxy) is 1. The summed E-state index contributed by atoms with van der Waals surface area (Å²) < 4.78 is 10.9. The molecule has 0 aliphatic carbocycles. The molecule has 0 amide bonds. The largest absolute Gasteiger partial charge is 0.493 e. The summed E-state index contributed by atoms with van der Waals surface area (Å²) in [5, 5.41) is 13.0. The molecule has 0 fully saturated rings. The van der Waals surface area contributed by atoms with Crippen molar-refractivity contribution in [1.29, 1.82) is 5.26 Å². The highest BCUT2D eigenvalue weighted by atomic mass is 16.5. The van der Waals surface area contributed by atoms with Gasteiger partial charge in [-0.3, -0.25) is 0 Å². The summed E-state index contributed by atoms with van der Waals surface area (Å²) in [6.45, 7) is 4.41. The van der Waals surface area contributed by atoms with Crippen molar-refractivity contribution in [3.05, 3.63) is 41.4 Å². The molecule has 1 heterocycles. The number of para-hydroxylation sites is 1. The lowest BCUT2D eigenvalue weighted by atomic mass is 10.2. The van der Waals surface area contributed by atoms with Gasteiger partial charge in [-0.1, -0.05) is 19.1 Å². The van der Waals surface area contributed by atoms with Crippen LogP contribution in [0.2, 0.25) is 0 Å². The molecular formula is C15H16N4O2. The fraction of sp³-hybridized carbons (Fsp3) is 0.267. The molecule has 0 spiro atoms. The van der Waals surface area contributed by atoms with Gasteiger partial charge in [0.15, 0.2) is 5.89 Å². The van der Waals surface area contributed by atoms with E-state index < -0.39 is 0 Å². The Morgan fingerprint density at radius 1 is 1.43 bits per heavy atom. The highest BCUT2D eigenvalue weighted by Crippen LogP contribution is 2.18. The average molecular weight is 284 g/mol. The van der Waals surface area contributed by atoms with Gasteiger partial charge in [-0.25, -0.2) is 10.4 Å². The van der Waals surface area contributed by atoms with Gasteiger partial charge in [0, 0.05) is 12.0 Å². The highest BCUT2D eigenvalue weighted by Gasteiger charge is 2.10. The van der Waals surface area contributed by atoms with Crippen LogP contribution in [0.4, 0.5) is 5.88 Å². The van der Waals surface area contributed by atoms with Crippen LogP contribution < -0.4 is 10.2 Å². The van der Waals surface area contributed by atoms with Crippen molar-refractivity contribution in [1.82, 2.24) is 4.98 Å². The maximum Gasteiger partial charge on any atom is 0.252 e. The topological polar surface area (TPSA) is 83.4 Å². The summed E-state index contributed by atoms with van der Waals surface area (Å²) >= 11 is 0. The quantitative estimate of drug-likeness (QED) is 0.651. The predicted molar refractivity (Wildman–Crippen MR) is 79.4 cm³/mol. The van der Waals surface area contributed by atoms with Crippen LogP contribution in [0.5, 0.6) is 5.75 Å². The summed E-state index contributed by atoms with van der Waals surface area (Å²) in [6.07, 6.45) is 2.23. The maximum atomic E-state index is 8.97. The van der Waals surface area contributed by atoms with E-state index in [0.29, 0.717) is 18.9 Å². The van der Waals surface area contributed by atoms with Gasteiger partial charge >= 0.3 is 0 Å². The Kier molecular flexibility index (Phi) is 4.94. The monoisotopic (exact) mass is 284 g/mol. The minimum absolute atomic E-state index is 0.196. The highest BCUT2D eigenvalue weighted by molar-refractivity contribution is 5.83. The lowest BCUT2D eigenvalue weighted by Crippen LogP contribution is -1.97. The number of hydrogen-bond acceptors (Lipinski definition) is 6. The molecule has 0 saturated heterocycles. The normalized spacial score (nSPS) is 10.5. The van der Waals surface area contributed by atoms with Crippen LogP contribution in [0.1, 0.15) is 31.0 Å². The Morgan fingerprint density at radius 3 is 2.95 bits per heavy atom. The smallest absolute Gasteiger partial charge is 0.252 e. The standard InChI is InChI=1S/C15H16N4O2/c1-3-14-18-12(9-16)15(21-14)19-17-10-11-7-5-6-8-13(11)20-4-2/h5-8,10,19H,3-4H2,1-2H3/b17-10-. The van der Waals surface area contributed by atoms with Crippen LogP contribution in [0, 0.1) is 11.3 Å². The second-order valence-corrected chi connectivity index (χ2v) is 4.09. The summed E-state index contributed by atoms with van der Waals surface area (Å²) in [4.78, 5) is 4.03. The molecule has 2 rings (SSSR count). The number of aromatic nitrogens is 1. The molecule has 0 radical (unpaired) electrons. The van der Waals surface area contributed by atoms with Gasteiger partial charge in [-0.2, -0.15) is 10.4 Å². The molecule has 1 N–H and O–H groups in total. The molecule has 2 aromatic rings. The Bertz CT molecular complexity index is 671. The Hall–Kier alpha value is -2.81. The maximum absolute atomic E-state index is 8.97. The number of nitriles is 1. The summed E-state index contributed by atoms with van der Waals surface area (Å²) in [5.41, 5.74) is 3.73. The first-order chi connectivity index (χ1) is 10.3. The third-order valence-electron chi connectivity index (χ3n) is 2.67. The lowest BCUT2D eigenvalue weighted by molar-refractivity contribution is 0.340. The van der Waals surface area contributed by atoms with Gasteiger partial charge in [0.2, 0.25) is 5.69 Å². The molecule has 0 aliphatic rings. The third kappa shape index (κ3) is 3.60. The van der Waals surface area contributed by atoms with Gasteiger partial charge < -0.3 is 9.15 Å². The molecule has 0 aliphatic heterocycles. The van der Waals surface area contributed by atoms with Crippen molar-refractivity contribution in [3.63, 3.8) is 0 Å². The van der Waals surface area contributed by atoms with Crippen LogP contribution in [-0.4, -0.2) is 17.8 Å². The van der Waals surface area contributed by atoms with E-state index in [0.717, 1.165) is 11.3 Å². The average Bonchev–Trinajstić information content (AvgIpc) is 2.92. The SMILES string of the molecule is CCOc1ccccc1/C=N\Nc1oc(CC)nc1C#N. The first-order valence-corrected chi connectivity index (χ1v) is 6.69. The zero-order valence-electron chi connectivity index (χ0n) is 12.0. The Balaban J connectivity index is 2.13. The van der Waals surface area contributed by atoms with E-state index >= 15 is 0 Å². The fourth-order valence-electron chi connectivity index (χ4n) is 1.70. The molecule has 0 bridgehead atoms. The number of oxazole rings is 1. The van der Waals surface area contributed by atoms with E-state index in [1.165, 1.54) is 0 Å². The van der Waals surface area contributed by atoms with Crippen molar-refractivity contribution >= 4 is 12.1 Å². The van der Waals surface area contributed by atoms with Crippen LogP contribution in [0.25, 0.3) is 0 Å². The van der Waals surface area contributed by atoms with Crippen molar-refractivity contribution in [3.8, 4) is 11.8 Å². The van der Waals surface area contributed by atoms with E-state index in [2.05, 4.69) is 15.5 Å². The van der Waals surface area contributed by atoms with Crippen molar-refractivity contribution in [2.75, 3.05) is 12.0 Å². The van der Waals surface area contributed by atoms with Crippen molar-refractivity contribution in [2.24, 2.45) is 5.10 Å². The Labute approximate surface area is 123 Å². The van der Waals surface area contributed by atoms with Gasteiger partial charge in [-0.05, 0) is 19.1 Å². The molecule has 0 saturated carbocycles. The van der Waals surface area contributed by atoms with E-state index in [4.69, 9.17) is 14.4 Å². The second-order valence-electron chi connectivity index (χ2n) is 4.09. The summed E-state index contributed by atoms with van der Waals surface area (Å²) in [7, 11) is 0. The van der Waals surface area contributed by atoms with Gasteiger partial charge in [-0.15, -0.1) is 0 Å². The van der Waals surface area contributed by atoms with E-state index in [-0.39, 0.29) is 11.6 Å². The molecule has 0 unspecified atom stereocenters. The summed E-state index contributed by atoms with van der Waals surface area (Å²) in [6, 6.07) is 9.52. The molecule has 1 aromatic carbocycles. The molecule has 6 nitrogen and oxygen atoms in total. The number of rotatable bonds is 6. The molecule has 21 heavy (non-hydrogen) atoms.